The first-order valence-electron chi connectivity index (χ1n) is 20.2. The standard InChI is InChI=1S/C53H43N/c1-53-26-9-17-45-43-15-7-6-14-42(43)44-16-8-18-48-50(44)51(52(45)53)49(25-27-53)54(48)41-24-23-39-30-40(37-21-19-33-10-2-4-12-35(33)28-37)31-46(47(39)32-41)38-22-20-34-11-3-5-13-36(34)29-38/h2-4,6-12,15-27,29-33,35,37,42,52H,5,13-14,28H2,1H3. The van der Waals surface area contributed by atoms with E-state index in [0.717, 1.165) is 25.7 Å². The summed E-state index contributed by atoms with van der Waals surface area (Å²) in [5.41, 5.74) is 16.7. The molecule has 54 heavy (non-hydrogen) atoms. The molecule has 260 valence electrons. The summed E-state index contributed by atoms with van der Waals surface area (Å²) in [5, 5.41) is 4.11. The minimum atomic E-state index is -0.0634. The fourth-order valence-electron chi connectivity index (χ4n) is 11.2. The van der Waals surface area contributed by atoms with Crippen LogP contribution >= 0.6 is 0 Å². The molecular formula is C53H43N. The van der Waals surface area contributed by atoms with Crippen LogP contribution in [0.15, 0.2) is 163 Å². The van der Waals surface area contributed by atoms with Crippen LogP contribution in [0.25, 0.3) is 50.6 Å². The molecule has 0 saturated heterocycles. The van der Waals surface area contributed by atoms with Crippen LogP contribution in [0, 0.1) is 17.3 Å². The predicted octanol–water partition coefficient (Wildman–Crippen LogP) is 13.4. The van der Waals surface area contributed by atoms with Gasteiger partial charge < -0.3 is 4.57 Å². The predicted molar refractivity (Wildman–Crippen MR) is 227 cm³/mol. The molecule has 1 nitrogen and oxygen atoms in total. The summed E-state index contributed by atoms with van der Waals surface area (Å²) >= 11 is 0. The van der Waals surface area contributed by atoms with Crippen LogP contribution in [0.3, 0.4) is 0 Å². The van der Waals surface area contributed by atoms with Gasteiger partial charge in [-0.15, -0.1) is 0 Å². The highest BCUT2D eigenvalue weighted by molar-refractivity contribution is 6.01. The Morgan fingerprint density at radius 1 is 0.778 bits per heavy atom. The molecule has 6 unspecified atom stereocenters. The van der Waals surface area contributed by atoms with Crippen molar-refractivity contribution in [2.45, 2.75) is 50.4 Å². The van der Waals surface area contributed by atoms with Crippen LogP contribution in [0.5, 0.6) is 0 Å². The summed E-state index contributed by atoms with van der Waals surface area (Å²) in [5.74, 6) is 2.14. The lowest BCUT2D eigenvalue weighted by atomic mass is 9.63. The van der Waals surface area contributed by atoms with Crippen LogP contribution in [-0.4, -0.2) is 4.57 Å². The molecule has 0 N–H and O–H groups in total. The van der Waals surface area contributed by atoms with Crippen LogP contribution in [0.2, 0.25) is 0 Å². The highest BCUT2D eigenvalue weighted by Crippen LogP contribution is 2.60. The van der Waals surface area contributed by atoms with E-state index in [1.807, 2.05) is 0 Å². The molecule has 1 aromatic heterocycles. The van der Waals surface area contributed by atoms with Crippen LogP contribution in [-0.2, 0) is 6.42 Å². The van der Waals surface area contributed by atoms with Gasteiger partial charge in [-0.25, -0.2) is 0 Å². The third-order valence-corrected chi connectivity index (χ3v) is 13.9. The lowest BCUT2D eigenvalue weighted by Crippen LogP contribution is -2.28. The molecule has 1 heterocycles. The first kappa shape index (κ1) is 30.8. The smallest absolute Gasteiger partial charge is 0.0540 e. The van der Waals surface area contributed by atoms with Crippen molar-refractivity contribution >= 4 is 33.8 Å². The van der Waals surface area contributed by atoms with Gasteiger partial charge in [-0.1, -0.05) is 141 Å². The Hall–Kier alpha value is -5.66. The molecule has 0 fully saturated rings. The second-order valence-corrected chi connectivity index (χ2v) is 16.9. The van der Waals surface area contributed by atoms with E-state index in [4.69, 9.17) is 0 Å². The van der Waals surface area contributed by atoms with E-state index in [0.29, 0.717) is 23.7 Å². The average molecular weight is 694 g/mol. The summed E-state index contributed by atoms with van der Waals surface area (Å²) in [6.45, 7) is 2.43. The zero-order valence-electron chi connectivity index (χ0n) is 30.8. The highest BCUT2D eigenvalue weighted by Gasteiger charge is 2.46. The van der Waals surface area contributed by atoms with Gasteiger partial charge in [0.25, 0.3) is 0 Å². The number of fused-ring (bicyclic) bond motifs is 6. The van der Waals surface area contributed by atoms with Crippen molar-refractivity contribution in [1.82, 2.24) is 4.57 Å². The largest absolute Gasteiger partial charge is 0.310 e. The van der Waals surface area contributed by atoms with Gasteiger partial charge in [0.2, 0.25) is 0 Å². The molecule has 0 saturated carbocycles. The number of aromatic nitrogens is 1. The Bertz CT molecular complexity index is 2760. The zero-order valence-corrected chi connectivity index (χ0v) is 30.8. The van der Waals surface area contributed by atoms with Crippen molar-refractivity contribution in [1.29, 1.82) is 0 Å². The number of rotatable bonds is 3. The van der Waals surface area contributed by atoms with Crippen LogP contribution < -0.4 is 0 Å². The topological polar surface area (TPSA) is 4.93 Å². The van der Waals surface area contributed by atoms with E-state index in [1.165, 1.54) is 83.1 Å². The number of hydrogen-bond donors (Lipinski definition) is 0. The number of aryl methyl sites for hydroxylation is 1. The summed E-state index contributed by atoms with van der Waals surface area (Å²) in [6.07, 6.45) is 42.3. The SMILES string of the molecule is CC12C=CC=C3C4=CC=CCC4c4cccc5c4c(c(n5-c4ccc5cc(C6C=CC7C=CC=CC7C6)cc(-c6ccc7c(c6)CCC=C7)c5c4)C=C1)C32. The van der Waals surface area contributed by atoms with Crippen molar-refractivity contribution in [2.24, 2.45) is 17.3 Å². The molecule has 5 aromatic rings. The number of nitrogens with zero attached hydrogens (tertiary/aromatic N) is 1. The average Bonchev–Trinajstić information content (AvgIpc) is 3.50. The monoisotopic (exact) mass is 693 g/mol. The molecule has 4 aromatic carbocycles. The van der Waals surface area contributed by atoms with Gasteiger partial charge in [-0.3, -0.25) is 0 Å². The summed E-state index contributed by atoms with van der Waals surface area (Å²) in [6, 6.07) is 26.6. The molecule has 0 radical (unpaired) electrons. The van der Waals surface area contributed by atoms with Gasteiger partial charge in [0, 0.05) is 40.2 Å². The minimum Gasteiger partial charge on any atom is -0.310 e. The van der Waals surface area contributed by atoms with Gasteiger partial charge >= 0.3 is 0 Å². The number of hydrogen-bond acceptors (Lipinski definition) is 0. The van der Waals surface area contributed by atoms with Crippen molar-refractivity contribution in [2.75, 3.05) is 0 Å². The normalized spacial score (nSPS) is 27.8. The highest BCUT2D eigenvalue weighted by atomic mass is 15.0. The van der Waals surface area contributed by atoms with E-state index in [-0.39, 0.29) is 11.3 Å². The lowest BCUT2D eigenvalue weighted by Gasteiger charge is -2.40. The van der Waals surface area contributed by atoms with Crippen molar-refractivity contribution in [3.8, 4) is 16.8 Å². The summed E-state index contributed by atoms with van der Waals surface area (Å²) in [4.78, 5) is 0. The summed E-state index contributed by atoms with van der Waals surface area (Å²) < 4.78 is 2.59. The van der Waals surface area contributed by atoms with Crippen LogP contribution in [0.4, 0.5) is 0 Å². The third kappa shape index (κ3) is 4.39. The molecule has 12 rings (SSSR count). The lowest BCUT2D eigenvalue weighted by molar-refractivity contribution is 0.460. The Labute approximate surface area is 318 Å². The van der Waals surface area contributed by atoms with Crippen molar-refractivity contribution in [3.05, 3.63) is 196 Å². The van der Waals surface area contributed by atoms with Gasteiger partial charge in [-0.05, 0) is 123 Å². The molecule has 7 aliphatic carbocycles. The Morgan fingerprint density at radius 3 is 2.70 bits per heavy atom. The van der Waals surface area contributed by atoms with Gasteiger partial charge in [-0.2, -0.15) is 0 Å². The maximum atomic E-state index is 2.59. The van der Waals surface area contributed by atoms with Crippen molar-refractivity contribution < 1.29 is 0 Å². The Kier molecular flexibility index (Phi) is 6.51. The Balaban J connectivity index is 1.09. The Morgan fingerprint density at radius 2 is 1.72 bits per heavy atom. The third-order valence-electron chi connectivity index (χ3n) is 13.9. The van der Waals surface area contributed by atoms with E-state index < -0.39 is 0 Å². The molecule has 6 atom stereocenters. The second kappa shape index (κ2) is 11.4. The minimum absolute atomic E-state index is 0.0634. The fourth-order valence-corrected chi connectivity index (χ4v) is 11.2. The van der Waals surface area contributed by atoms with Crippen molar-refractivity contribution in [3.63, 3.8) is 0 Å². The van der Waals surface area contributed by atoms with Gasteiger partial charge in [0.1, 0.15) is 0 Å². The first-order chi connectivity index (χ1) is 26.6. The molecule has 0 aliphatic heterocycles. The van der Waals surface area contributed by atoms with E-state index >= 15 is 0 Å². The molecule has 0 amide bonds. The van der Waals surface area contributed by atoms with E-state index in [1.54, 1.807) is 0 Å². The summed E-state index contributed by atoms with van der Waals surface area (Å²) in [7, 11) is 0. The van der Waals surface area contributed by atoms with E-state index in [9.17, 15) is 0 Å². The van der Waals surface area contributed by atoms with Gasteiger partial charge in [0.05, 0.1) is 11.2 Å². The molecule has 0 bridgehead atoms. The van der Waals surface area contributed by atoms with E-state index in [2.05, 4.69) is 175 Å². The second-order valence-electron chi connectivity index (χ2n) is 16.9. The first-order valence-corrected chi connectivity index (χ1v) is 20.2. The molecule has 7 aliphatic rings. The number of allylic oxidation sites excluding steroid dienone is 16. The zero-order chi connectivity index (χ0) is 35.5. The maximum absolute atomic E-state index is 2.59. The fraction of sp³-hybridized carbons (Fsp3) is 0.208. The molecule has 1 heteroatoms. The van der Waals surface area contributed by atoms with Crippen LogP contribution in [0.1, 0.15) is 77.5 Å². The quantitative estimate of drug-likeness (QED) is 0.166. The van der Waals surface area contributed by atoms with Gasteiger partial charge in [0.15, 0.2) is 0 Å². The maximum Gasteiger partial charge on any atom is 0.0540 e. The molecular weight excluding hydrogens is 651 g/mol. The molecule has 0 spiro atoms. The number of benzene rings is 4.